The van der Waals surface area contributed by atoms with Crippen molar-refractivity contribution in [3.63, 3.8) is 0 Å². The van der Waals surface area contributed by atoms with E-state index in [9.17, 15) is 14.4 Å². The van der Waals surface area contributed by atoms with Crippen LogP contribution < -0.4 is 11.1 Å². The normalized spacial score (nSPS) is 27.9. The lowest BCUT2D eigenvalue weighted by molar-refractivity contribution is -0.143. The van der Waals surface area contributed by atoms with E-state index in [2.05, 4.69) is 0 Å². The SMILES string of the molecule is CCCN1C(=O)NC(=O)C(C)(N)C1=O. The molecular weight excluding hydrogens is 186 g/mol. The number of carbonyl (C=O) groups excluding carboxylic acids is 3. The van der Waals surface area contributed by atoms with Gasteiger partial charge in [-0.25, -0.2) is 4.79 Å². The van der Waals surface area contributed by atoms with E-state index in [1.54, 1.807) is 0 Å². The topological polar surface area (TPSA) is 92.5 Å². The highest BCUT2D eigenvalue weighted by atomic mass is 16.2. The van der Waals surface area contributed by atoms with Crippen molar-refractivity contribution in [2.24, 2.45) is 5.73 Å². The second kappa shape index (κ2) is 3.38. The predicted molar refractivity (Wildman–Crippen MR) is 48.1 cm³/mol. The molecule has 78 valence electrons. The van der Waals surface area contributed by atoms with Crippen molar-refractivity contribution >= 4 is 17.8 Å². The fourth-order valence-electron chi connectivity index (χ4n) is 1.19. The molecule has 1 aliphatic heterocycles. The summed E-state index contributed by atoms with van der Waals surface area (Å²) in [4.78, 5) is 34.9. The van der Waals surface area contributed by atoms with E-state index in [1.807, 2.05) is 12.2 Å². The molecule has 0 bridgehead atoms. The van der Waals surface area contributed by atoms with Crippen LogP contribution in [0, 0.1) is 0 Å². The highest BCUT2D eigenvalue weighted by Gasteiger charge is 2.47. The maximum absolute atomic E-state index is 11.6. The maximum Gasteiger partial charge on any atom is 0.330 e. The van der Waals surface area contributed by atoms with E-state index >= 15 is 0 Å². The Bertz CT molecular complexity index is 298. The Balaban J connectivity index is 2.95. The fraction of sp³-hybridized carbons (Fsp3) is 0.625. The zero-order valence-corrected chi connectivity index (χ0v) is 8.16. The standard InChI is InChI=1S/C8H13N3O3/c1-3-4-11-6(13)8(2,9)5(12)10-7(11)14/h3-4,9H2,1-2H3,(H,10,12,14). The van der Waals surface area contributed by atoms with Crippen molar-refractivity contribution < 1.29 is 14.4 Å². The zero-order valence-electron chi connectivity index (χ0n) is 8.16. The van der Waals surface area contributed by atoms with Crippen LogP contribution in [0.4, 0.5) is 4.79 Å². The molecule has 14 heavy (non-hydrogen) atoms. The van der Waals surface area contributed by atoms with Gasteiger partial charge in [0, 0.05) is 6.54 Å². The van der Waals surface area contributed by atoms with E-state index in [-0.39, 0.29) is 6.54 Å². The molecule has 0 aromatic heterocycles. The molecule has 4 amide bonds. The van der Waals surface area contributed by atoms with Crippen LogP contribution in [-0.4, -0.2) is 34.8 Å². The average Bonchev–Trinajstić information content (AvgIpc) is 2.10. The van der Waals surface area contributed by atoms with E-state index in [0.29, 0.717) is 6.42 Å². The Morgan fingerprint density at radius 1 is 1.43 bits per heavy atom. The minimum Gasteiger partial charge on any atom is -0.310 e. The number of carbonyl (C=O) groups is 3. The number of nitrogens with one attached hydrogen (secondary N) is 1. The summed E-state index contributed by atoms with van der Waals surface area (Å²) in [6, 6.07) is -0.690. The summed E-state index contributed by atoms with van der Waals surface area (Å²) in [7, 11) is 0. The number of nitrogens with zero attached hydrogens (tertiary/aromatic N) is 1. The Labute approximate surface area is 81.4 Å². The lowest BCUT2D eigenvalue weighted by Crippen LogP contribution is -2.70. The summed E-state index contributed by atoms with van der Waals surface area (Å²) < 4.78 is 0. The van der Waals surface area contributed by atoms with Crippen molar-refractivity contribution in [2.45, 2.75) is 25.8 Å². The Kier molecular flexibility index (Phi) is 2.57. The second-order valence-corrected chi connectivity index (χ2v) is 3.42. The van der Waals surface area contributed by atoms with Crippen LogP contribution in [-0.2, 0) is 9.59 Å². The third kappa shape index (κ3) is 1.48. The molecule has 1 saturated heterocycles. The quantitative estimate of drug-likeness (QED) is 0.569. The molecule has 0 saturated carbocycles. The number of urea groups is 1. The van der Waals surface area contributed by atoms with Gasteiger partial charge in [0.25, 0.3) is 11.8 Å². The van der Waals surface area contributed by atoms with Crippen LogP contribution in [0.3, 0.4) is 0 Å². The van der Waals surface area contributed by atoms with E-state index < -0.39 is 23.4 Å². The van der Waals surface area contributed by atoms with Crippen LogP contribution in [0.15, 0.2) is 0 Å². The molecule has 1 atom stereocenters. The number of hydrogen-bond donors (Lipinski definition) is 2. The molecule has 1 rings (SSSR count). The van der Waals surface area contributed by atoms with Crippen LogP contribution in [0.25, 0.3) is 0 Å². The first-order valence-electron chi connectivity index (χ1n) is 4.37. The summed E-state index contributed by atoms with van der Waals surface area (Å²) in [5.41, 5.74) is 3.86. The van der Waals surface area contributed by atoms with E-state index in [1.165, 1.54) is 6.92 Å². The molecule has 1 heterocycles. The molecule has 1 aliphatic rings. The minimum absolute atomic E-state index is 0.269. The van der Waals surface area contributed by atoms with Gasteiger partial charge < -0.3 is 5.73 Å². The lowest BCUT2D eigenvalue weighted by atomic mass is 9.99. The summed E-state index contributed by atoms with van der Waals surface area (Å²) >= 11 is 0. The van der Waals surface area contributed by atoms with Gasteiger partial charge in [-0.15, -0.1) is 0 Å². The fourth-order valence-corrected chi connectivity index (χ4v) is 1.19. The summed E-state index contributed by atoms with van der Waals surface area (Å²) in [5.74, 6) is -1.40. The molecule has 0 aromatic rings. The molecular formula is C8H13N3O3. The first-order valence-corrected chi connectivity index (χ1v) is 4.37. The summed E-state index contributed by atoms with van der Waals surface area (Å²) in [6.45, 7) is 3.38. The first kappa shape index (κ1) is 10.6. The summed E-state index contributed by atoms with van der Waals surface area (Å²) in [6.07, 6.45) is 0.628. The molecule has 0 radical (unpaired) electrons. The van der Waals surface area contributed by atoms with E-state index in [0.717, 1.165) is 4.90 Å². The van der Waals surface area contributed by atoms with Gasteiger partial charge in [-0.05, 0) is 13.3 Å². The van der Waals surface area contributed by atoms with Gasteiger partial charge in [-0.2, -0.15) is 0 Å². The van der Waals surface area contributed by atoms with Gasteiger partial charge in [0.2, 0.25) is 0 Å². The molecule has 0 aliphatic carbocycles. The van der Waals surface area contributed by atoms with Crippen LogP contribution in [0.1, 0.15) is 20.3 Å². The minimum atomic E-state index is -1.64. The third-order valence-electron chi connectivity index (χ3n) is 2.07. The van der Waals surface area contributed by atoms with Crippen molar-refractivity contribution in [3.05, 3.63) is 0 Å². The van der Waals surface area contributed by atoms with Crippen molar-refractivity contribution in [2.75, 3.05) is 6.54 Å². The predicted octanol–water partition coefficient (Wildman–Crippen LogP) is -0.808. The Morgan fingerprint density at radius 2 is 2.00 bits per heavy atom. The summed E-state index contributed by atoms with van der Waals surface area (Å²) in [5, 5.41) is 2.04. The van der Waals surface area contributed by atoms with Crippen molar-refractivity contribution in [1.82, 2.24) is 10.2 Å². The highest BCUT2D eigenvalue weighted by molar-refractivity contribution is 6.21. The number of imide groups is 2. The number of hydrogen-bond acceptors (Lipinski definition) is 4. The van der Waals surface area contributed by atoms with Gasteiger partial charge in [-0.3, -0.25) is 19.8 Å². The first-order chi connectivity index (χ1) is 6.41. The van der Waals surface area contributed by atoms with Crippen LogP contribution in [0.2, 0.25) is 0 Å². The second-order valence-electron chi connectivity index (χ2n) is 3.42. The smallest absolute Gasteiger partial charge is 0.310 e. The number of amides is 4. The molecule has 3 N–H and O–H groups in total. The monoisotopic (exact) mass is 199 g/mol. The van der Waals surface area contributed by atoms with Gasteiger partial charge >= 0.3 is 6.03 Å². The van der Waals surface area contributed by atoms with Gasteiger partial charge in [0.15, 0.2) is 5.54 Å². The molecule has 1 unspecified atom stereocenters. The largest absolute Gasteiger partial charge is 0.330 e. The van der Waals surface area contributed by atoms with Crippen LogP contribution in [0.5, 0.6) is 0 Å². The zero-order chi connectivity index (χ0) is 10.9. The number of barbiturate groups is 1. The van der Waals surface area contributed by atoms with Crippen molar-refractivity contribution in [3.8, 4) is 0 Å². The molecule has 6 heteroatoms. The number of rotatable bonds is 2. The van der Waals surface area contributed by atoms with Gasteiger partial charge in [0.1, 0.15) is 0 Å². The van der Waals surface area contributed by atoms with Crippen LogP contribution >= 0.6 is 0 Å². The number of nitrogens with two attached hydrogens (primary N) is 1. The maximum atomic E-state index is 11.6. The Hall–Kier alpha value is -1.43. The van der Waals surface area contributed by atoms with Gasteiger partial charge in [-0.1, -0.05) is 6.92 Å². The Morgan fingerprint density at radius 3 is 2.50 bits per heavy atom. The lowest BCUT2D eigenvalue weighted by Gasteiger charge is -2.33. The molecule has 0 aromatic carbocycles. The molecule has 1 fully saturated rings. The highest BCUT2D eigenvalue weighted by Crippen LogP contribution is 2.12. The average molecular weight is 199 g/mol. The molecule has 6 nitrogen and oxygen atoms in total. The van der Waals surface area contributed by atoms with Gasteiger partial charge in [0.05, 0.1) is 0 Å². The van der Waals surface area contributed by atoms with Crippen molar-refractivity contribution in [1.29, 1.82) is 0 Å². The van der Waals surface area contributed by atoms with E-state index in [4.69, 9.17) is 5.73 Å². The third-order valence-corrected chi connectivity index (χ3v) is 2.07. The molecule has 0 spiro atoms.